The fraction of sp³-hybridized carbons (Fsp3) is 0.176. The summed E-state index contributed by atoms with van der Waals surface area (Å²) in [4.78, 5) is 11.8. The number of aromatic hydroxyl groups is 2. The molecule has 0 aromatic heterocycles. The van der Waals surface area contributed by atoms with Gasteiger partial charge in [-0.15, -0.1) is 0 Å². The standard InChI is InChI=1S/C17H17BrN2O4/c1-24-15-9-13(18)8-12(17(15)23)10-19-20-16(22)7-4-11-2-5-14(21)6-3-11/h2-3,5-6,8-10,21,23H,4,7H2,1H3,(H,20,22)/b19-10+. The molecular formula is C17H17BrN2O4. The highest BCUT2D eigenvalue weighted by Crippen LogP contribution is 2.32. The van der Waals surface area contributed by atoms with Crippen LogP contribution in [0.2, 0.25) is 0 Å². The molecule has 0 bridgehead atoms. The maximum Gasteiger partial charge on any atom is 0.240 e. The van der Waals surface area contributed by atoms with Crippen LogP contribution in [-0.2, 0) is 11.2 Å². The number of benzene rings is 2. The number of ether oxygens (including phenoxy) is 1. The van der Waals surface area contributed by atoms with Crippen LogP contribution < -0.4 is 10.2 Å². The molecule has 0 unspecified atom stereocenters. The molecule has 0 radical (unpaired) electrons. The quantitative estimate of drug-likeness (QED) is 0.520. The highest BCUT2D eigenvalue weighted by Gasteiger charge is 2.08. The van der Waals surface area contributed by atoms with E-state index >= 15 is 0 Å². The van der Waals surface area contributed by atoms with Crippen molar-refractivity contribution in [2.75, 3.05) is 7.11 Å². The summed E-state index contributed by atoms with van der Waals surface area (Å²) < 4.78 is 5.76. The number of hydrogen-bond acceptors (Lipinski definition) is 5. The van der Waals surface area contributed by atoms with Crippen molar-refractivity contribution in [3.8, 4) is 17.2 Å². The Hall–Kier alpha value is -2.54. The van der Waals surface area contributed by atoms with E-state index in [1.807, 2.05) is 0 Å². The average Bonchev–Trinajstić information content (AvgIpc) is 2.57. The van der Waals surface area contributed by atoms with Gasteiger partial charge in [-0.2, -0.15) is 5.10 Å². The maximum atomic E-state index is 11.8. The lowest BCUT2D eigenvalue weighted by molar-refractivity contribution is -0.121. The van der Waals surface area contributed by atoms with Crippen LogP contribution in [0.5, 0.6) is 17.2 Å². The molecule has 24 heavy (non-hydrogen) atoms. The number of hydrogen-bond donors (Lipinski definition) is 3. The molecule has 6 nitrogen and oxygen atoms in total. The van der Waals surface area contributed by atoms with Gasteiger partial charge < -0.3 is 14.9 Å². The molecule has 0 aliphatic heterocycles. The highest BCUT2D eigenvalue weighted by molar-refractivity contribution is 9.10. The zero-order valence-corrected chi connectivity index (χ0v) is 14.6. The molecule has 0 fully saturated rings. The summed E-state index contributed by atoms with van der Waals surface area (Å²) in [6.07, 6.45) is 2.15. The fourth-order valence-corrected chi connectivity index (χ4v) is 2.45. The Morgan fingerprint density at radius 2 is 2.00 bits per heavy atom. The first-order chi connectivity index (χ1) is 11.5. The summed E-state index contributed by atoms with van der Waals surface area (Å²) in [7, 11) is 1.45. The number of nitrogens with one attached hydrogen (secondary N) is 1. The Balaban J connectivity index is 1.90. The molecule has 2 aromatic rings. The van der Waals surface area contributed by atoms with E-state index in [2.05, 4.69) is 26.5 Å². The van der Waals surface area contributed by atoms with Crippen LogP contribution in [0.25, 0.3) is 0 Å². The number of rotatable bonds is 6. The third-order valence-corrected chi connectivity index (χ3v) is 3.72. The molecule has 126 valence electrons. The molecule has 2 rings (SSSR count). The van der Waals surface area contributed by atoms with Crippen molar-refractivity contribution < 1.29 is 19.7 Å². The Bertz CT molecular complexity index is 745. The second-order valence-electron chi connectivity index (χ2n) is 5.01. The van der Waals surface area contributed by atoms with Gasteiger partial charge in [0, 0.05) is 16.5 Å². The summed E-state index contributed by atoms with van der Waals surface area (Å²) in [5.41, 5.74) is 3.77. The second kappa shape index (κ2) is 8.35. The van der Waals surface area contributed by atoms with Gasteiger partial charge >= 0.3 is 0 Å². The van der Waals surface area contributed by atoms with E-state index < -0.39 is 0 Å². The van der Waals surface area contributed by atoms with Crippen LogP contribution in [0, 0.1) is 0 Å². The number of methoxy groups -OCH3 is 1. The zero-order chi connectivity index (χ0) is 17.5. The van der Waals surface area contributed by atoms with Crippen molar-refractivity contribution in [2.24, 2.45) is 5.10 Å². The number of carbonyl (C=O) groups is 1. The van der Waals surface area contributed by atoms with E-state index in [1.165, 1.54) is 13.3 Å². The Kier molecular flexibility index (Phi) is 6.20. The molecule has 0 aliphatic carbocycles. The third-order valence-electron chi connectivity index (χ3n) is 3.26. The maximum absolute atomic E-state index is 11.8. The first-order valence-corrected chi connectivity index (χ1v) is 7.95. The van der Waals surface area contributed by atoms with E-state index in [0.29, 0.717) is 17.7 Å². The Morgan fingerprint density at radius 3 is 2.67 bits per heavy atom. The lowest BCUT2D eigenvalue weighted by atomic mass is 10.1. The van der Waals surface area contributed by atoms with Gasteiger partial charge in [0.1, 0.15) is 5.75 Å². The monoisotopic (exact) mass is 392 g/mol. The Morgan fingerprint density at radius 1 is 1.29 bits per heavy atom. The minimum atomic E-state index is -0.249. The SMILES string of the molecule is COc1cc(Br)cc(/C=N/NC(=O)CCc2ccc(O)cc2)c1O. The number of nitrogens with zero attached hydrogens (tertiary/aromatic N) is 1. The van der Waals surface area contributed by atoms with Crippen LogP contribution in [0.4, 0.5) is 0 Å². The number of aryl methyl sites for hydroxylation is 1. The number of hydrazone groups is 1. The normalized spacial score (nSPS) is 10.8. The molecule has 0 saturated heterocycles. The van der Waals surface area contributed by atoms with Gasteiger partial charge in [-0.25, -0.2) is 5.43 Å². The number of amides is 1. The van der Waals surface area contributed by atoms with Gasteiger partial charge in [0.25, 0.3) is 0 Å². The van der Waals surface area contributed by atoms with Crippen LogP contribution in [0.1, 0.15) is 17.5 Å². The molecule has 7 heteroatoms. The van der Waals surface area contributed by atoms with Gasteiger partial charge in [-0.1, -0.05) is 28.1 Å². The number of phenolic OH excluding ortho intramolecular Hbond substituents is 2. The molecule has 0 saturated carbocycles. The molecule has 1 amide bonds. The summed E-state index contributed by atoms with van der Waals surface area (Å²) in [6, 6.07) is 9.96. The lowest BCUT2D eigenvalue weighted by Crippen LogP contribution is -2.17. The topological polar surface area (TPSA) is 91.2 Å². The summed E-state index contributed by atoms with van der Waals surface area (Å²) in [6.45, 7) is 0. The van der Waals surface area contributed by atoms with Crippen molar-refractivity contribution >= 4 is 28.1 Å². The van der Waals surface area contributed by atoms with E-state index in [-0.39, 0.29) is 23.8 Å². The molecule has 0 aliphatic rings. The molecule has 0 atom stereocenters. The van der Waals surface area contributed by atoms with Gasteiger partial charge in [-0.3, -0.25) is 4.79 Å². The molecular weight excluding hydrogens is 376 g/mol. The second-order valence-corrected chi connectivity index (χ2v) is 5.92. The predicted molar refractivity (Wildman–Crippen MR) is 94.5 cm³/mol. The number of phenols is 2. The van der Waals surface area contributed by atoms with Crippen molar-refractivity contribution in [1.82, 2.24) is 5.43 Å². The van der Waals surface area contributed by atoms with Gasteiger partial charge in [-0.05, 0) is 36.2 Å². The zero-order valence-electron chi connectivity index (χ0n) is 13.0. The summed E-state index contributed by atoms with van der Waals surface area (Å²) in [5.74, 6) is 0.199. The van der Waals surface area contributed by atoms with Gasteiger partial charge in [0.2, 0.25) is 5.91 Å². The smallest absolute Gasteiger partial charge is 0.240 e. The molecule has 3 N–H and O–H groups in total. The highest BCUT2D eigenvalue weighted by atomic mass is 79.9. The molecule has 0 spiro atoms. The van der Waals surface area contributed by atoms with Crippen LogP contribution >= 0.6 is 15.9 Å². The van der Waals surface area contributed by atoms with E-state index in [4.69, 9.17) is 4.74 Å². The average molecular weight is 393 g/mol. The fourth-order valence-electron chi connectivity index (χ4n) is 2.00. The van der Waals surface area contributed by atoms with Crippen molar-refractivity contribution in [1.29, 1.82) is 0 Å². The summed E-state index contributed by atoms with van der Waals surface area (Å²) >= 11 is 3.31. The van der Waals surface area contributed by atoms with Crippen LogP contribution in [0.15, 0.2) is 46.0 Å². The van der Waals surface area contributed by atoms with Crippen molar-refractivity contribution in [3.05, 3.63) is 52.0 Å². The van der Waals surface area contributed by atoms with Crippen molar-refractivity contribution in [3.63, 3.8) is 0 Å². The Labute approximate surface area is 147 Å². The van der Waals surface area contributed by atoms with Gasteiger partial charge in [0.05, 0.1) is 13.3 Å². The lowest BCUT2D eigenvalue weighted by Gasteiger charge is -2.06. The largest absolute Gasteiger partial charge is 0.508 e. The predicted octanol–water partition coefficient (Wildman–Crippen LogP) is 2.95. The van der Waals surface area contributed by atoms with Crippen LogP contribution in [-0.4, -0.2) is 29.4 Å². The molecule has 2 aromatic carbocycles. The minimum absolute atomic E-state index is 0.0530. The van der Waals surface area contributed by atoms with Crippen LogP contribution in [0.3, 0.4) is 0 Å². The van der Waals surface area contributed by atoms with E-state index in [0.717, 1.165) is 10.0 Å². The molecule has 0 heterocycles. The third kappa shape index (κ3) is 4.99. The van der Waals surface area contributed by atoms with Crippen molar-refractivity contribution in [2.45, 2.75) is 12.8 Å². The minimum Gasteiger partial charge on any atom is -0.508 e. The first-order valence-electron chi connectivity index (χ1n) is 7.16. The van der Waals surface area contributed by atoms with E-state index in [9.17, 15) is 15.0 Å². The number of halogens is 1. The summed E-state index contributed by atoms with van der Waals surface area (Å²) in [5, 5.41) is 23.0. The first kappa shape index (κ1) is 17.8. The number of carbonyl (C=O) groups excluding carboxylic acids is 1. The van der Waals surface area contributed by atoms with Gasteiger partial charge in [0.15, 0.2) is 11.5 Å². The van der Waals surface area contributed by atoms with E-state index in [1.54, 1.807) is 36.4 Å².